The van der Waals surface area contributed by atoms with E-state index in [1.54, 1.807) is 0 Å². The van der Waals surface area contributed by atoms with E-state index < -0.39 is 5.41 Å². The Balaban J connectivity index is 1.18. The minimum Gasteiger partial charge on any atom is -0.247 e. The topological polar surface area (TPSA) is 12.9 Å². The van der Waals surface area contributed by atoms with Crippen molar-refractivity contribution in [3.63, 3.8) is 0 Å². The highest BCUT2D eigenvalue weighted by Gasteiger charge is 2.46. The summed E-state index contributed by atoms with van der Waals surface area (Å²) in [6, 6.07) is 73.3. The van der Waals surface area contributed by atoms with Crippen LogP contribution < -0.4 is 0 Å². The summed E-state index contributed by atoms with van der Waals surface area (Å²) in [6.07, 6.45) is 0. The number of fused-ring (bicyclic) bond motifs is 11. The van der Waals surface area contributed by atoms with Gasteiger partial charge in [0, 0.05) is 21.7 Å². The summed E-state index contributed by atoms with van der Waals surface area (Å²) in [6.45, 7) is 0. The molecule has 11 rings (SSSR count). The van der Waals surface area contributed by atoms with Crippen molar-refractivity contribution in [1.82, 2.24) is 4.98 Å². The Morgan fingerprint density at radius 2 is 0.849 bits per heavy atom. The van der Waals surface area contributed by atoms with Crippen LogP contribution in [0.3, 0.4) is 0 Å². The number of rotatable bonds is 4. The Hall–Kier alpha value is -6.83. The minimum atomic E-state index is -0.446. The number of benzene rings is 9. The van der Waals surface area contributed by atoms with Gasteiger partial charge < -0.3 is 0 Å². The molecular weight excluding hydrogens is 639 g/mol. The van der Waals surface area contributed by atoms with E-state index in [4.69, 9.17) is 4.98 Å². The third-order valence-corrected chi connectivity index (χ3v) is 11.5. The van der Waals surface area contributed by atoms with Gasteiger partial charge in [-0.2, -0.15) is 0 Å². The van der Waals surface area contributed by atoms with Crippen LogP contribution in [0, 0.1) is 0 Å². The lowest BCUT2D eigenvalue weighted by atomic mass is 9.67. The minimum absolute atomic E-state index is 0.446. The van der Waals surface area contributed by atoms with Crippen LogP contribution in [0.25, 0.3) is 76.7 Å². The SMILES string of the molecule is c1ccc(C2(c3ccccc3)c3ccccc3-c3ccc(-c4cccc(-c5nc6ccccc6c6c7ccccc7c7ccccc7c56)c4)cc32)cc1. The zero-order valence-corrected chi connectivity index (χ0v) is 29.0. The fourth-order valence-electron chi connectivity index (χ4n) is 9.30. The molecule has 0 bridgehead atoms. The lowest BCUT2D eigenvalue weighted by Gasteiger charge is -2.34. The van der Waals surface area contributed by atoms with Crippen molar-refractivity contribution in [2.75, 3.05) is 0 Å². The van der Waals surface area contributed by atoms with Gasteiger partial charge in [0.25, 0.3) is 0 Å². The third-order valence-electron chi connectivity index (χ3n) is 11.5. The van der Waals surface area contributed by atoms with E-state index in [1.807, 2.05) is 0 Å². The molecule has 1 heteroatoms. The molecule has 9 aromatic carbocycles. The molecule has 1 aromatic heterocycles. The van der Waals surface area contributed by atoms with Gasteiger partial charge in [0.2, 0.25) is 0 Å². The smallest absolute Gasteiger partial charge is 0.0794 e. The van der Waals surface area contributed by atoms with Gasteiger partial charge in [-0.3, -0.25) is 0 Å². The molecule has 0 aliphatic heterocycles. The summed E-state index contributed by atoms with van der Waals surface area (Å²) in [5.41, 5.74) is 12.8. The van der Waals surface area contributed by atoms with Gasteiger partial charge in [-0.05, 0) is 84.3 Å². The largest absolute Gasteiger partial charge is 0.247 e. The second-order valence-electron chi connectivity index (χ2n) is 14.2. The normalized spacial score (nSPS) is 13.1. The fourth-order valence-corrected chi connectivity index (χ4v) is 9.30. The van der Waals surface area contributed by atoms with Crippen molar-refractivity contribution in [3.05, 3.63) is 222 Å². The summed E-state index contributed by atoms with van der Waals surface area (Å²) in [5, 5.41) is 8.65. The van der Waals surface area contributed by atoms with Crippen molar-refractivity contribution in [3.8, 4) is 33.5 Å². The third kappa shape index (κ3) is 4.28. The van der Waals surface area contributed by atoms with Gasteiger partial charge in [0.1, 0.15) is 0 Å². The monoisotopic (exact) mass is 671 g/mol. The zero-order chi connectivity index (χ0) is 34.9. The number of nitrogens with zero attached hydrogens (tertiary/aromatic N) is 1. The summed E-state index contributed by atoms with van der Waals surface area (Å²) in [7, 11) is 0. The van der Waals surface area contributed by atoms with Gasteiger partial charge in [0.15, 0.2) is 0 Å². The van der Waals surface area contributed by atoms with Crippen LogP contribution >= 0.6 is 0 Å². The highest BCUT2D eigenvalue weighted by atomic mass is 14.7. The van der Waals surface area contributed by atoms with E-state index in [1.165, 1.54) is 82.2 Å². The van der Waals surface area contributed by atoms with Gasteiger partial charge in [-0.15, -0.1) is 0 Å². The van der Waals surface area contributed by atoms with Crippen LogP contribution in [0.4, 0.5) is 0 Å². The average molecular weight is 672 g/mol. The molecule has 0 atom stereocenters. The molecule has 1 aliphatic rings. The van der Waals surface area contributed by atoms with Crippen molar-refractivity contribution >= 4 is 43.2 Å². The molecule has 0 saturated heterocycles. The summed E-state index contributed by atoms with van der Waals surface area (Å²) in [4.78, 5) is 5.45. The number of aromatic nitrogens is 1. The van der Waals surface area contributed by atoms with Gasteiger partial charge in [0.05, 0.1) is 16.6 Å². The van der Waals surface area contributed by atoms with Crippen LogP contribution in [0.15, 0.2) is 200 Å². The van der Waals surface area contributed by atoms with Crippen LogP contribution in [0.1, 0.15) is 22.3 Å². The summed E-state index contributed by atoms with van der Waals surface area (Å²) in [5.74, 6) is 0. The van der Waals surface area contributed by atoms with Gasteiger partial charge in [-0.1, -0.05) is 182 Å². The van der Waals surface area contributed by atoms with Crippen molar-refractivity contribution < 1.29 is 0 Å². The maximum absolute atomic E-state index is 5.45. The van der Waals surface area contributed by atoms with E-state index in [-0.39, 0.29) is 0 Å². The van der Waals surface area contributed by atoms with E-state index in [0.29, 0.717) is 0 Å². The zero-order valence-electron chi connectivity index (χ0n) is 29.0. The van der Waals surface area contributed by atoms with Crippen LogP contribution in [-0.4, -0.2) is 4.98 Å². The predicted molar refractivity (Wildman–Crippen MR) is 222 cm³/mol. The van der Waals surface area contributed by atoms with Crippen molar-refractivity contribution in [2.45, 2.75) is 5.41 Å². The first kappa shape index (κ1) is 29.9. The molecule has 1 heterocycles. The first-order valence-electron chi connectivity index (χ1n) is 18.4. The maximum atomic E-state index is 5.45. The molecule has 0 spiro atoms. The molecule has 1 aliphatic carbocycles. The molecule has 1 nitrogen and oxygen atoms in total. The lowest BCUT2D eigenvalue weighted by Crippen LogP contribution is -2.28. The number of hydrogen-bond donors (Lipinski definition) is 0. The molecule has 0 saturated carbocycles. The highest BCUT2D eigenvalue weighted by Crippen LogP contribution is 2.56. The van der Waals surface area contributed by atoms with Crippen LogP contribution in [0.5, 0.6) is 0 Å². The molecule has 0 radical (unpaired) electrons. The number of para-hydroxylation sites is 1. The van der Waals surface area contributed by atoms with Gasteiger partial charge in [-0.25, -0.2) is 4.98 Å². The Morgan fingerprint density at radius 3 is 1.57 bits per heavy atom. The Labute approximate surface area is 308 Å². The maximum Gasteiger partial charge on any atom is 0.0794 e. The van der Waals surface area contributed by atoms with E-state index in [9.17, 15) is 0 Å². The van der Waals surface area contributed by atoms with Crippen molar-refractivity contribution in [2.24, 2.45) is 0 Å². The van der Waals surface area contributed by atoms with Crippen molar-refractivity contribution in [1.29, 1.82) is 0 Å². The molecule has 53 heavy (non-hydrogen) atoms. The summed E-state index contributed by atoms with van der Waals surface area (Å²) >= 11 is 0. The van der Waals surface area contributed by atoms with E-state index in [2.05, 4.69) is 200 Å². The number of pyridine rings is 1. The molecule has 0 N–H and O–H groups in total. The Bertz CT molecular complexity index is 3010. The standard InChI is InChI=1S/C52H33N/c1-3-18-37(19-4-1)52(38-20-5-2-6-21-38)46-28-13-11-24-41(46)42-31-30-35(33-47(42)52)34-16-15-17-36(32-34)51-50-44-26-10-8-23-40(44)39-22-7-9-25-43(39)49(50)45-27-12-14-29-48(45)53-51/h1-33H. The average Bonchev–Trinajstić information content (AvgIpc) is 3.54. The summed E-state index contributed by atoms with van der Waals surface area (Å²) < 4.78 is 0. The fraction of sp³-hybridized carbons (Fsp3) is 0.0192. The molecule has 0 fully saturated rings. The second kappa shape index (κ2) is 11.6. The lowest BCUT2D eigenvalue weighted by molar-refractivity contribution is 0.769. The second-order valence-corrected chi connectivity index (χ2v) is 14.2. The van der Waals surface area contributed by atoms with E-state index >= 15 is 0 Å². The molecular formula is C52H33N. The van der Waals surface area contributed by atoms with Gasteiger partial charge >= 0.3 is 0 Å². The first-order valence-corrected chi connectivity index (χ1v) is 18.4. The molecule has 0 amide bonds. The van der Waals surface area contributed by atoms with E-state index in [0.717, 1.165) is 16.8 Å². The Kier molecular flexibility index (Phi) is 6.53. The number of hydrogen-bond acceptors (Lipinski definition) is 1. The van der Waals surface area contributed by atoms with Crippen LogP contribution in [-0.2, 0) is 5.41 Å². The highest BCUT2D eigenvalue weighted by molar-refractivity contribution is 6.33. The van der Waals surface area contributed by atoms with Crippen LogP contribution in [0.2, 0.25) is 0 Å². The quantitative estimate of drug-likeness (QED) is 0.170. The predicted octanol–water partition coefficient (Wildman–Crippen LogP) is 13.4. The molecule has 246 valence electrons. The first-order chi connectivity index (χ1) is 26.3. The molecule has 10 aromatic rings. The Morgan fingerprint density at radius 1 is 0.321 bits per heavy atom. The molecule has 0 unspecified atom stereocenters.